The minimum absolute atomic E-state index is 0.245. The Labute approximate surface area is 187 Å². The van der Waals surface area contributed by atoms with Crippen LogP contribution in [0.25, 0.3) is 0 Å². The van der Waals surface area contributed by atoms with Crippen LogP contribution in [0.1, 0.15) is 22.8 Å². The van der Waals surface area contributed by atoms with Crippen molar-refractivity contribution in [1.82, 2.24) is 0 Å². The second-order valence-electron chi connectivity index (χ2n) is 7.53. The Bertz CT molecular complexity index is 1260. The van der Waals surface area contributed by atoms with E-state index in [0.717, 1.165) is 5.56 Å². The Morgan fingerprint density at radius 1 is 0.969 bits per heavy atom. The first-order chi connectivity index (χ1) is 15.3. The Hall–Kier alpha value is -3.52. The van der Waals surface area contributed by atoms with E-state index in [4.69, 9.17) is 9.47 Å². The van der Waals surface area contributed by atoms with Gasteiger partial charge in [-0.1, -0.05) is 18.2 Å². The first-order valence-electron chi connectivity index (χ1n) is 10.1. The molecule has 1 heterocycles. The monoisotopic (exact) mass is 452 g/mol. The van der Waals surface area contributed by atoms with E-state index in [9.17, 15) is 13.2 Å². The molecule has 32 heavy (non-hydrogen) atoms. The van der Waals surface area contributed by atoms with Crippen LogP contribution >= 0.6 is 0 Å². The molecular formula is C24H24N2O5S. The number of methoxy groups -OCH3 is 2. The summed E-state index contributed by atoms with van der Waals surface area (Å²) in [6, 6.07) is 18.3. The second-order valence-corrected chi connectivity index (χ2v) is 9.35. The molecule has 0 fully saturated rings. The van der Waals surface area contributed by atoms with Crippen LogP contribution in [0.4, 0.5) is 11.4 Å². The van der Waals surface area contributed by atoms with Crippen molar-refractivity contribution in [3.05, 3.63) is 77.9 Å². The maximum absolute atomic E-state index is 13.2. The number of ether oxygens (including phenoxy) is 2. The molecule has 7 nitrogen and oxygen atoms in total. The summed E-state index contributed by atoms with van der Waals surface area (Å²) < 4.78 is 38.3. The molecule has 0 saturated carbocycles. The molecular weight excluding hydrogens is 428 g/mol. The highest BCUT2D eigenvalue weighted by molar-refractivity contribution is 7.92. The van der Waals surface area contributed by atoms with Crippen molar-refractivity contribution in [3.8, 4) is 11.5 Å². The third-order valence-corrected chi connectivity index (χ3v) is 7.38. The predicted molar refractivity (Wildman–Crippen MR) is 123 cm³/mol. The summed E-state index contributed by atoms with van der Waals surface area (Å²) in [4.78, 5) is 13.1. The molecule has 8 heteroatoms. The summed E-state index contributed by atoms with van der Waals surface area (Å²) in [5.74, 6) is 0.781. The van der Waals surface area contributed by atoms with Gasteiger partial charge in [0, 0.05) is 23.4 Å². The van der Waals surface area contributed by atoms with E-state index in [1.54, 1.807) is 73.8 Å². The van der Waals surface area contributed by atoms with E-state index in [0.29, 0.717) is 34.9 Å². The molecule has 3 aromatic rings. The summed E-state index contributed by atoms with van der Waals surface area (Å²) >= 11 is 0. The number of benzene rings is 3. The van der Waals surface area contributed by atoms with Crippen molar-refractivity contribution in [2.75, 3.05) is 23.8 Å². The molecule has 0 spiro atoms. The van der Waals surface area contributed by atoms with E-state index in [2.05, 4.69) is 5.32 Å². The number of anilines is 2. The molecule has 1 N–H and O–H groups in total. The van der Waals surface area contributed by atoms with Crippen LogP contribution in [-0.2, 0) is 16.4 Å². The van der Waals surface area contributed by atoms with Gasteiger partial charge in [-0.25, -0.2) is 8.42 Å². The number of nitrogens with zero attached hydrogens (tertiary/aromatic N) is 1. The number of amides is 1. The largest absolute Gasteiger partial charge is 0.493 e. The van der Waals surface area contributed by atoms with E-state index in [1.807, 2.05) is 6.92 Å². The average Bonchev–Trinajstić information content (AvgIpc) is 3.15. The van der Waals surface area contributed by atoms with E-state index >= 15 is 0 Å². The number of rotatable bonds is 6. The molecule has 0 aromatic heterocycles. The summed E-state index contributed by atoms with van der Waals surface area (Å²) in [7, 11) is -0.618. The van der Waals surface area contributed by atoms with Crippen molar-refractivity contribution in [1.29, 1.82) is 0 Å². The summed E-state index contributed by atoms with van der Waals surface area (Å²) in [5.41, 5.74) is 2.43. The zero-order chi connectivity index (χ0) is 22.9. The van der Waals surface area contributed by atoms with Crippen LogP contribution in [0.5, 0.6) is 11.5 Å². The van der Waals surface area contributed by atoms with Gasteiger partial charge in [-0.15, -0.1) is 0 Å². The standard InChI is InChI=1S/C24H24N2O5S/c1-16-13-18-14-17(24(27)25-19-10-12-22(30-2)23(15-19)31-3)9-11-21(18)26(16)32(28,29)20-7-5-4-6-8-20/h4-12,14-16H,13H2,1-3H3,(H,25,27)/t16-/m1/s1. The molecule has 1 amide bonds. The normalized spacial score (nSPS) is 15.2. The number of fused-ring (bicyclic) bond motifs is 1. The molecule has 0 radical (unpaired) electrons. The molecule has 4 rings (SSSR count). The number of hydrogen-bond acceptors (Lipinski definition) is 5. The van der Waals surface area contributed by atoms with Gasteiger partial charge in [0.15, 0.2) is 11.5 Å². The van der Waals surface area contributed by atoms with Crippen molar-refractivity contribution >= 4 is 27.3 Å². The SMILES string of the molecule is COc1ccc(NC(=O)c2ccc3c(c2)C[C@@H](C)N3S(=O)(=O)c2ccccc2)cc1OC. The van der Waals surface area contributed by atoms with Crippen molar-refractivity contribution in [3.63, 3.8) is 0 Å². The number of hydrogen-bond donors (Lipinski definition) is 1. The maximum atomic E-state index is 13.2. The van der Waals surface area contributed by atoms with Crippen molar-refractivity contribution in [2.24, 2.45) is 0 Å². The van der Waals surface area contributed by atoms with Gasteiger partial charge in [0.05, 0.1) is 24.8 Å². The average molecular weight is 453 g/mol. The van der Waals surface area contributed by atoms with Crippen molar-refractivity contribution < 1.29 is 22.7 Å². The van der Waals surface area contributed by atoms with Gasteiger partial charge < -0.3 is 14.8 Å². The van der Waals surface area contributed by atoms with Gasteiger partial charge in [0.25, 0.3) is 15.9 Å². The summed E-state index contributed by atoms with van der Waals surface area (Å²) in [6.45, 7) is 1.86. The first-order valence-corrected chi connectivity index (χ1v) is 11.5. The quantitative estimate of drug-likeness (QED) is 0.609. The predicted octanol–water partition coefficient (Wildman–Crippen LogP) is 4.10. The van der Waals surface area contributed by atoms with Gasteiger partial charge in [-0.2, -0.15) is 0 Å². The molecule has 1 atom stereocenters. The van der Waals surface area contributed by atoms with E-state index < -0.39 is 10.0 Å². The van der Waals surface area contributed by atoms with Crippen LogP contribution < -0.4 is 19.1 Å². The highest BCUT2D eigenvalue weighted by Crippen LogP contribution is 2.37. The maximum Gasteiger partial charge on any atom is 0.264 e. The molecule has 0 aliphatic carbocycles. The Kier molecular flexibility index (Phi) is 5.80. The van der Waals surface area contributed by atoms with Crippen LogP contribution in [0.2, 0.25) is 0 Å². The number of carbonyl (C=O) groups is 1. The Morgan fingerprint density at radius 2 is 1.69 bits per heavy atom. The van der Waals surface area contributed by atoms with Crippen LogP contribution in [0, 0.1) is 0 Å². The molecule has 0 bridgehead atoms. The van der Waals surface area contributed by atoms with E-state index in [1.165, 1.54) is 11.4 Å². The topological polar surface area (TPSA) is 84.9 Å². The van der Waals surface area contributed by atoms with Crippen LogP contribution in [0.3, 0.4) is 0 Å². The third-order valence-electron chi connectivity index (χ3n) is 5.44. The molecule has 1 aliphatic rings. The highest BCUT2D eigenvalue weighted by Gasteiger charge is 2.36. The number of carbonyl (C=O) groups excluding carboxylic acids is 1. The summed E-state index contributed by atoms with van der Waals surface area (Å²) in [6.07, 6.45) is 0.527. The lowest BCUT2D eigenvalue weighted by Crippen LogP contribution is -2.35. The smallest absolute Gasteiger partial charge is 0.264 e. The van der Waals surface area contributed by atoms with Gasteiger partial charge >= 0.3 is 0 Å². The lowest BCUT2D eigenvalue weighted by atomic mass is 10.1. The van der Waals surface area contributed by atoms with E-state index in [-0.39, 0.29) is 16.8 Å². The van der Waals surface area contributed by atoms with Crippen molar-refractivity contribution in [2.45, 2.75) is 24.3 Å². The lowest BCUT2D eigenvalue weighted by Gasteiger charge is -2.24. The third kappa shape index (κ3) is 3.89. The van der Waals surface area contributed by atoms with Gasteiger partial charge in [0.2, 0.25) is 0 Å². The number of sulfonamides is 1. The highest BCUT2D eigenvalue weighted by atomic mass is 32.2. The number of nitrogens with one attached hydrogen (secondary N) is 1. The fraction of sp³-hybridized carbons (Fsp3) is 0.208. The first kappa shape index (κ1) is 21.7. The van der Waals surface area contributed by atoms with Crippen LogP contribution in [0.15, 0.2) is 71.6 Å². The Morgan fingerprint density at radius 3 is 2.38 bits per heavy atom. The molecule has 0 saturated heterocycles. The molecule has 3 aromatic carbocycles. The fourth-order valence-corrected chi connectivity index (χ4v) is 5.65. The fourth-order valence-electron chi connectivity index (χ4n) is 3.93. The molecule has 166 valence electrons. The van der Waals surface area contributed by atoms with Gasteiger partial charge in [-0.3, -0.25) is 9.10 Å². The van der Waals surface area contributed by atoms with Gasteiger partial charge in [-0.05, 0) is 61.4 Å². The molecule has 1 aliphatic heterocycles. The minimum Gasteiger partial charge on any atom is -0.493 e. The lowest BCUT2D eigenvalue weighted by molar-refractivity contribution is 0.102. The van der Waals surface area contributed by atoms with Crippen LogP contribution in [-0.4, -0.2) is 34.6 Å². The second kappa shape index (κ2) is 8.55. The minimum atomic E-state index is -3.69. The zero-order valence-electron chi connectivity index (χ0n) is 18.0. The zero-order valence-corrected chi connectivity index (χ0v) is 18.8. The molecule has 0 unspecified atom stereocenters. The Balaban J connectivity index is 1.60. The summed E-state index contributed by atoms with van der Waals surface area (Å²) in [5, 5.41) is 2.85. The van der Waals surface area contributed by atoms with Gasteiger partial charge in [0.1, 0.15) is 0 Å².